The number of rotatable bonds is 3. The second-order valence-corrected chi connectivity index (χ2v) is 7.36. The molecule has 130 valence electrons. The van der Waals surface area contributed by atoms with Gasteiger partial charge in [0.25, 0.3) is 5.91 Å². The highest BCUT2D eigenvalue weighted by Gasteiger charge is 2.33. The molecule has 0 radical (unpaired) electrons. The second kappa shape index (κ2) is 7.12. The third kappa shape index (κ3) is 4.64. The molecule has 0 aromatic heterocycles. The molecule has 24 heavy (non-hydrogen) atoms. The summed E-state index contributed by atoms with van der Waals surface area (Å²) >= 11 is 1.39. The lowest BCUT2D eigenvalue weighted by Gasteiger charge is -2.25. The summed E-state index contributed by atoms with van der Waals surface area (Å²) in [6.07, 6.45) is -0.706. The molecule has 1 aliphatic rings. The first-order valence-electron chi connectivity index (χ1n) is 7.42. The smallest absolute Gasteiger partial charge is 0.408 e. The maximum absolute atomic E-state index is 12.7. The first-order valence-corrected chi connectivity index (χ1v) is 8.40. The third-order valence-corrected chi connectivity index (χ3v) is 4.27. The Morgan fingerprint density at radius 2 is 2.04 bits per heavy atom. The number of hydrogen-bond acceptors (Lipinski definition) is 5. The van der Waals surface area contributed by atoms with Crippen molar-refractivity contribution in [3.63, 3.8) is 0 Å². The molecule has 0 spiro atoms. The van der Waals surface area contributed by atoms with Crippen LogP contribution in [0.25, 0.3) is 0 Å². The molecule has 1 aromatic carbocycles. The van der Waals surface area contributed by atoms with E-state index in [1.54, 1.807) is 32.9 Å². The molecule has 2 amide bonds. The van der Waals surface area contributed by atoms with Crippen LogP contribution in [0.1, 0.15) is 20.8 Å². The number of carbonyl (C=O) groups excluding carboxylic acids is 2. The van der Waals surface area contributed by atoms with Crippen molar-refractivity contribution >= 4 is 35.4 Å². The van der Waals surface area contributed by atoms with Crippen LogP contribution < -0.4 is 10.2 Å². The number of thioether (sulfide) groups is 1. The van der Waals surface area contributed by atoms with Crippen LogP contribution >= 0.6 is 11.8 Å². The summed E-state index contributed by atoms with van der Waals surface area (Å²) in [6, 6.07) is 6.20. The Kier molecular flexibility index (Phi) is 5.38. The highest BCUT2D eigenvalue weighted by Crippen LogP contribution is 2.34. The van der Waals surface area contributed by atoms with Gasteiger partial charge in [-0.05, 0) is 32.9 Å². The third-order valence-electron chi connectivity index (χ3n) is 3.11. The maximum atomic E-state index is 12.7. The average Bonchev–Trinajstić information content (AvgIpc) is 2.57. The Bertz CT molecular complexity index is 656. The van der Waals surface area contributed by atoms with Gasteiger partial charge < -0.3 is 15.2 Å². The molecule has 0 saturated carbocycles. The fraction of sp³-hybridized carbons (Fsp3) is 0.438. The summed E-state index contributed by atoms with van der Waals surface area (Å²) < 4.78 is 5.18. The number of fused-ring (bicyclic) bond motifs is 1. The van der Waals surface area contributed by atoms with Gasteiger partial charge in [-0.3, -0.25) is 14.5 Å². The molecule has 2 rings (SSSR count). The van der Waals surface area contributed by atoms with E-state index in [1.807, 2.05) is 12.1 Å². The molecule has 1 heterocycles. The summed E-state index contributed by atoms with van der Waals surface area (Å²) in [6.45, 7) is 4.71. The zero-order valence-corrected chi connectivity index (χ0v) is 14.6. The second-order valence-electron chi connectivity index (χ2n) is 6.30. The van der Waals surface area contributed by atoms with Gasteiger partial charge in [-0.15, -0.1) is 11.8 Å². The first kappa shape index (κ1) is 18.1. The van der Waals surface area contributed by atoms with Gasteiger partial charge in [-0.25, -0.2) is 4.79 Å². The standard InChI is InChI=1S/C16H20N2O5S/c1-16(2,3)23-15(22)17-10-9-24-12-7-5-4-6-11(12)18(14(10)21)8-13(19)20/h4-7,10H,8-9H2,1-3H3,(H,17,22)(H,19,20)/t10-/m1/s1. The number of nitrogens with one attached hydrogen (secondary N) is 1. The van der Waals surface area contributed by atoms with Gasteiger partial charge in [-0.2, -0.15) is 0 Å². The van der Waals surface area contributed by atoms with Crippen LogP contribution in [0.4, 0.5) is 10.5 Å². The molecule has 0 saturated heterocycles. The number of anilines is 1. The molecule has 0 aliphatic carbocycles. The van der Waals surface area contributed by atoms with Gasteiger partial charge in [0.2, 0.25) is 0 Å². The van der Waals surface area contributed by atoms with Gasteiger partial charge in [0, 0.05) is 10.6 Å². The van der Waals surface area contributed by atoms with Gasteiger partial charge in [0.15, 0.2) is 0 Å². The first-order chi connectivity index (χ1) is 11.2. The van der Waals surface area contributed by atoms with Crippen LogP contribution in [0, 0.1) is 0 Å². The minimum Gasteiger partial charge on any atom is -0.480 e. The van der Waals surface area contributed by atoms with E-state index in [0.717, 1.165) is 4.90 Å². The number of hydrogen-bond donors (Lipinski definition) is 2. The Balaban J connectivity index is 2.23. The van der Waals surface area contributed by atoms with Crippen LogP contribution in [0.5, 0.6) is 0 Å². The summed E-state index contributed by atoms with van der Waals surface area (Å²) in [5.41, 5.74) is -0.155. The van der Waals surface area contributed by atoms with E-state index in [4.69, 9.17) is 9.84 Å². The Morgan fingerprint density at radius 3 is 2.67 bits per heavy atom. The van der Waals surface area contributed by atoms with Gasteiger partial charge >= 0.3 is 12.1 Å². The van der Waals surface area contributed by atoms with Crippen molar-refractivity contribution < 1.29 is 24.2 Å². The molecule has 8 heteroatoms. The van der Waals surface area contributed by atoms with Crippen molar-refractivity contribution in [1.29, 1.82) is 0 Å². The number of carboxylic acids is 1. The summed E-state index contributed by atoms with van der Waals surface area (Å²) in [5, 5.41) is 11.6. The molecule has 0 unspecified atom stereocenters. The molecular formula is C16H20N2O5S. The maximum Gasteiger partial charge on any atom is 0.408 e. The summed E-state index contributed by atoms with van der Waals surface area (Å²) in [7, 11) is 0. The van der Waals surface area contributed by atoms with Gasteiger partial charge in [-0.1, -0.05) is 12.1 Å². The van der Waals surface area contributed by atoms with E-state index in [2.05, 4.69) is 5.32 Å². The molecule has 7 nitrogen and oxygen atoms in total. The van der Waals surface area contributed by atoms with Crippen molar-refractivity contribution in [2.24, 2.45) is 0 Å². The quantitative estimate of drug-likeness (QED) is 0.865. The predicted octanol–water partition coefficient (Wildman–Crippen LogP) is 2.10. The lowest BCUT2D eigenvalue weighted by Crippen LogP contribution is -2.51. The fourth-order valence-electron chi connectivity index (χ4n) is 2.21. The van der Waals surface area contributed by atoms with E-state index in [0.29, 0.717) is 11.4 Å². The lowest BCUT2D eigenvalue weighted by molar-refractivity contribution is -0.136. The zero-order chi connectivity index (χ0) is 17.9. The zero-order valence-electron chi connectivity index (χ0n) is 13.7. The van der Waals surface area contributed by atoms with Crippen molar-refractivity contribution in [2.45, 2.75) is 37.3 Å². The van der Waals surface area contributed by atoms with E-state index in [1.165, 1.54) is 16.7 Å². The van der Waals surface area contributed by atoms with Crippen LogP contribution in [-0.4, -0.2) is 47.0 Å². The Morgan fingerprint density at radius 1 is 1.38 bits per heavy atom. The van der Waals surface area contributed by atoms with Crippen molar-refractivity contribution in [3.05, 3.63) is 24.3 Å². The molecule has 0 bridgehead atoms. The topological polar surface area (TPSA) is 95.9 Å². The van der Waals surface area contributed by atoms with Crippen LogP contribution in [-0.2, 0) is 14.3 Å². The van der Waals surface area contributed by atoms with Crippen molar-refractivity contribution in [2.75, 3.05) is 17.2 Å². The number of alkyl carbamates (subject to hydrolysis) is 1. The van der Waals surface area contributed by atoms with E-state index >= 15 is 0 Å². The van der Waals surface area contributed by atoms with Crippen LogP contribution in [0.15, 0.2) is 29.2 Å². The highest BCUT2D eigenvalue weighted by molar-refractivity contribution is 7.99. The molecular weight excluding hydrogens is 332 g/mol. The number of para-hydroxylation sites is 1. The van der Waals surface area contributed by atoms with E-state index in [9.17, 15) is 14.4 Å². The molecule has 0 fully saturated rings. The number of benzene rings is 1. The molecule has 2 N–H and O–H groups in total. The fourth-order valence-corrected chi connectivity index (χ4v) is 3.28. The van der Waals surface area contributed by atoms with Crippen molar-refractivity contribution in [3.8, 4) is 0 Å². The molecule has 1 atom stereocenters. The van der Waals surface area contributed by atoms with E-state index in [-0.39, 0.29) is 0 Å². The summed E-state index contributed by atoms with van der Waals surface area (Å²) in [4.78, 5) is 37.8. The number of amides is 2. The number of carbonyl (C=O) groups is 3. The number of ether oxygens (including phenoxy) is 1. The van der Waals surface area contributed by atoms with Gasteiger partial charge in [0.05, 0.1) is 5.69 Å². The monoisotopic (exact) mass is 352 g/mol. The van der Waals surface area contributed by atoms with Crippen LogP contribution in [0.2, 0.25) is 0 Å². The van der Waals surface area contributed by atoms with Crippen molar-refractivity contribution in [1.82, 2.24) is 5.32 Å². The van der Waals surface area contributed by atoms with Crippen LogP contribution in [0.3, 0.4) is 0 Å². The Hall–Kier alpha value is -2.22. The predicted molar refractivity (Wildman–Crippen MR) is 90.3 cm³/mol. The highest BCUT2D eigenvalue weighted by atomic mass is 32.2. The number of carboxylic acid groups (broad SMARTS) is 1. The Labute approximate surface area is 144 Å². The van der Waals surface area contributed by atoms with Gasteiger partial charge in [0.1, 0.15) is 18.2 Å². The minimum absolute atomic E-state index is 0.297. The summed E-state index contributed by atoms with van der Waals surface area (Å²) in [5.74, 6) is -1.30. The molecule has 1 aromatic rings. The normalized spacial score (nSPS) is 17.7. The molecule has 1 aliphatic heterocycles. The number of nitrogens with zero attached hydrogens (tertiary/aromatic N) is 1. The lowest BCUT2D eigenvalue weighted by atomic mass is 10.2. The largest absolute Gasteiger partial charge is 0.480 e. The SMILES string of the molecule is CC(C)(C)OC(=O)N[C@@H]1CSc2ccccc2N(CC(=O)O)C1=O. The minimum atomic E-state index is -1.12. The average molecular weight is 352 g/mol. The van der Waals surface area contributed by atoms with E-state index < -0.39 is 36.2 Å². The number of aliphatic carboxylic acids is 1.